The number of hydrogen-bond acceptors (Lipinski definition) is 3. The minimum absolute atomic E-state index is 0.128. The molecule has 8 heteroatoms. The van der Waals surface area contributed by atoms with Crippen LogP contribution in [0.3, 0.4) is 0 Å². The van der Waals surface area contributed by atoms with Gasteiger partial charge in [-0.1, -0.05) is 11.6 Å². The molecular weight excluding hydrogens is 283 g/mol. The van der Waals surface area contributed by atoms with Crippen LogP contribution in [0.2, 0.25) is 5.02 Å². The molecule has 5 nitrogen and oxygen atoms in total. The van der Waals surface area contributed by atoms with Crippen LogP contribution >= 0.6 is 11.6 Å². The number of ether oxygens (including phenoxy) is 1. The van der Waals surface area contributed by atoms with Crippen LogP contribution < -0.4 is 4.72 Å². The van der Waals surface area contributed by atoms with Crippen LogP contribution in [-0.4, -0.2) is 39.0 Å². The predicted molar refractivity (Wildman–Crippen MR) is 66.3 cm³/mol. The molecule has 2 rings (SSSR count). The number of benzene rings is 1. The molecule has 0 bridgehead atoms. The van der Waals surface area contributed by atoms with Gasteiger partial charge in [0.15, 0.2) is 0 Å². The van der Waals surface area contributed by atoms with E-state index >= 15 is 0 Å². The molecule has 0 radical (unpaired) electrons. The summed E-state index contributed by atoms with van der Waals surface area (Å²) in [7, 11) is -3.64. The third-order valence-electron chi connectivity index (χ3n) is 2.48. The number of morpholine rings is 1. The summed E-state index contributed by atoms with van der Waals surface area (Å²) in [5.41, 5.74) is 0.230. The highest BCUT2D eigenvalue weighted by molar-refractivity contribution is 7.90. The lowest BCUT2D eigenvalue weighted by Crippen LogP contribution is -2.43. The second-order valence-corrected chi connectivity index (χ2v) is 5.83. The van der Waals surface area contributed by atoms with Crippen molar-refractivity contribution in [3.05, 3.63) is 29.0 Å². The standard InChI is InChI=1S/C10H12ClFN2O3S/c11-9-7-8(1-2-10(9)12)13-18(15,16)14-3-5-17-6-4-14/h1-2,7,13H,3-6H2. The molecule has 0 saturated carbocycles. The number of hydrogen-bond donors (Lipinski definition) is 1. The Balaban J connectivity index is 2.13. The molecule has 1 aliphatic rings. The molecule has 1 heterocycles. The lowest BCUT2D eigenvalue weighted by atomic mass is 10.3. The van der Waals surface area contributed by atoms with Crippen LogP contribution in [0, 0.1) is 5.82 Å². The van der Waals surface area contributed by atoms with Gasteiger partial charge in [0.1, 0.15) is 5.82 Å². The number of anilines is 1. The quantitative estimate of drug-likeness (QED) is 0.918. The van der Waals surface area contributed by atoms with E-state index in [0.29, 0.717) is 26.3 Å². The van der Waals surface area contributed by atoms with E-state index in [2.05, 4.69) is 4.72 Å². The first kappa shape index (κ1) is 13.5. The number of rotatable bonds is 3. The second kappa shape index (κ2) is 5.40. The Morgan fingerprint density at radius 3 is 2.61 bits per heavy atom. The largest absolute Gasteiger partial charge is 0.379 e. The Bertz CT molecular complexity index is 532. The molecule has 1 fully saturated rings. The summed E-state index contributed by atoms with van der Waals surface area (Å²) in [6, 6.07) is 3.66. The molecule has 1 aliphatic heterocycles. The topological polar surface area (TPSA) is 58.6 Å². The van der Waals surface area contributed by atoms with Crippen LogP contribution in [0.25, 0.3) is 0 Å². The molecule has 1 aromatic carbocycles. The van der Waals surface area contributed by atoms with Crippen molar-refractivity contribution in [2.24, 2.45) is 0 Å². The predicted octanol–water partition coefficient (Wildman–Crippen LogP) is 1.47. The molecule has 18 heavy (non-hydrogen) atoms. The van der Waals surface area contributed by atoms with Crippen LogP contribution in [0.4, 0.5) is 10.1 Å². The molecular formula is C10H12ClFN2O3S. The monoisotopic (exact) mass is 294 g/mol. The zero-order valence-corrected chi connectivity index (χ0v) is 11.0. The van der Waals surface area contributed by atoms with Crippen LogP contribution in [0.1, 0.15) is 0 Å². The molecule has 1 aromatic rings. The van der Waals surface area contributed by atoms with E-state index in [-0.39, 0.29) is 10.7 Å². The number of halogens is 2. The van der Waals surface area contributed by atoms with E-state index in [0.717, 1.165) is 6.07 Å². The van der Waals surface area contributed by atoms with Crippen LogP contribution in [0.15, 0.2) is 18.2 Å². The summed E-state index contributed by atoms with van der Waals surface area (Å²) in [4.78, 5) is 0. The molecule has 0 unspecified atom stereocenters. The van der Waals surface area contributed by atoms with Gasteiger partial charge in [-0.05, 0) is 18.2 Å². The van der Waals surface area contributed by atoms with Crippen LogP contribution in [-0.2, 0) is 14.9 Å². The van der Waals surface area contributed by atoms with Gasteiger partial charge in [-0.2, -0.15) is 12.7 Å². The van der Waals surface area contributed by atoms with Crippen molar-refractivity contribution in [3.8, 4) is 0 Å². The fraction of sp³-hybridized carbons (Fsp3) is 0.400. The van der Waals surface area contributed by atoms with Crippen molar-refractivity contribution < 1.29 is 17.5 Å². The minimum Gasteiger partial charge on any atom is -0.379 e. The van der Waals surface area contributed by atoms with Gasteiger partial charge < -0.3 is 4.74 Å². The van der Waals surface area contributed by atoms with Crippen molar-refractivity contribution in [1.82, 2.24) is 4.31 Å². The average molecular weight is 295 g/mol. The summed E-state index contributed by atoms with van der Waals surface area (Å²) < 4.78 is 45.6. The first-order valence-electron chi connectivity index (χ1n) is 5.30. The van der Waals surface area contributed by atoms with Gasteiger partial charge in [-0.3, -0.25) is 4.72 Å². The fourth-order valence-electron chi connectivity index (χ4n) is 1.56. The van der Waals surface area contributed by atoms with Crippen molar-refractivity contribution in [2.75, 3.05) is 31.0 Å². The number of nitrogens with zero attached hydrogens (tertiary/aromatic N) is 1. The molecule has 0 spiro atoms. The zero-order chi connectivity index (χ0) is 13.2. The van der Waals surface area contributed by atoms with Gasteiger partial charge in [-0.15, -0.1) is 0 Å². The molecule has 100 valence electrons. The first-order valence-corrected chi connectivity index (χ1v) is 7.11. The molecule has 1 N–H and O–H groups in total. The van der Waals surface area contributed by atoms with E-state index in [1.54, 1.807) is 0 Å². The molecule has 0 atom stereocenters. The van der Waals surface area contributed by atoms with E-state index < -0.39 is 16.0 Å². The maximum atomic E-state index is 13.0. The molecule has 0 aliphatic carbocycles. The summed E-state index contributed by atoms with van der Waals surface area (Å²) in [6.07, 6.45) is 0. The SMILES string of the molecule is O=S(=O)(Nc1ccc(F)c(Cl)c1)N1CCOCC1. The lowest BCUT2D eigenvalue weighted by molar-refractivity contribution is 0.0733. The third-order valence-corrected chi connectivity index (χ3v) is 4.30. The van der Waals surface area contributed by atoms with Crippen molar-refractivity contribution in [3.63, 3.8) is 0 Å². The summed E-state index contributed by atoms with van der Waals surface area (Å²) >= 11 is 5.59. The summed E-state index contributed by atoms with van der Waals surface area (Å²) in [6.45, 7) is 1.32. The van der Waals surface area contributed by atoms with Gasteiger partial charge in [0.25, 0.3) is 0 Å². The summed E-state index contributed by atoms with van der Waals surface area (Å²) in [5.74, 6) is -0.592. The normalized spacial score (nSPS) is 17.7. The van der Waals surface area contributed by atoms with Gasteiger partial charge in [0, 0.05) is 13.1 Å². The fourth-order valence-corrected chi connectivity index (χ4v) is 2.92. The van der Waals surface area contributed by atoms with Crippen molar-refractivity contribution in [2.45, 2.75) is 0 Å². The van der Waals surface area contributed by atoms with Crippen molar-refractivity contribution in [1.29, 1.82) is 0 Å². The minimum atomic E-state index is -3.64. The van der Waals surface area contributed by atoms with Gasteiger partial charge in [-0.25, -0.2) is 4.39 Å². The van der Waals surface area contributed by atoms with E-state index in [1.807, 2.05) is 0 Å². The van der Waals surface area contributed by atoms with E-state index in [1.165, 1.54) is 16.4 Å². The van der Waals surface area contributed by atoms with E-state index in [9.17, 15) is 12.8 Å². The Kier molecular flexibility index (Phi) is 4.06. The maximum absolute atomic E-state index is 13.0. The Morgan fingerprint density at radius 2 is 2.00 bits per heavy atom. The molecule has 0 aromatic heterocycles. The van der Waals surface area contributed by atoms with Gasteiger partial charge in [0.05, 0.1) is 23.9 Å². The highest BCUT2D eigenvalue weighted by Crippen LogP contribution is 2.21. The Morgan fingerprint density at radius 1 is 1.33 bits per heavy atom. The second-order valence-electron chi connectivity index (χ2n) is 3.75. The smallest absolute Gasteiger partial charge is 0.301 e. The molecule has 0 amide bonds. The highest BCUT2D eigenvalue weighted by Gasteiger charge is 2.24. The highest BCUT2D eigenvalue weighted by atomic mass is 35.5. The number of nitrogens with one attached hydrogen (secondary N) is 1. The maximum Gasteiger partial charge on any atom is 0.301 e. The Labute approximate surface area is 110 Å². The van der Waals surface area contributed by atoms with Crippen molar-refractivity contribution >= 4 is 27.5 Å². The first-order chi connectivity index (χ1) is 8.49. The van der Waals surface area contributed by atoms with Crippen LogP contribution in [0.5, 0.6) is 0 Å². The average Bonchev–Trinajstić information content (AvgIpc) is 2.35. The lowest BCUT2D eigenvalue weighted by Gasteiger charge is -2.26. The molecule has 1 saturated heterocycles. The Hall–Kier alpha value is -0.890. The van der Waals surface area contributed by atoms with Gasteiger partial charge in [0.2, 0.25) is 0 Å². The van der Waals surface area contributed by atoms with E-state index in [4.69, 9.17) is 16.3 Å². The zero-order valence-electron chi connectivity index (χ0n) is 9.40. The third kappa shape index (κ3) is 3.11. The summed E-state index contributed by atoms with van der Waals surface area (Å²) in [5, 5.41) is -0.128. The van der Waals surface area contributed by atoms with Gasteiger partial charge >= 0.3 is 10.2 Å².